The maximum Gasteiger partial charge on any atom is 0.0691 e. The number of rotatable bonds is 6. The first-order valence-corrected chi connectivity index (χ1v) is 12.4. The molecule has 6 rings (SSSR count). The predicted octanol–water partition coefficient (Wildman–Crippen LogP) is 5.11. The lowest BCUT2D eigenvalue weighted by molar-refractivity contribution is -0.104. The van der Waals surface area contributed by atoms with Crippen molar-refractivity contribution in [2.45, 2.75) is 94.2 Å². The van der Waals surface area contributed by atoms with Gasteiger partial charge in [0.05, 0.1) is 23.4 Å². The molecule has 0 amide bonds. The normalized spacial score (nSPS) is 32.9. The molecule has 5 heteroatoms. The highest BCUT2D eigenvalue weighted by Crippen LogP contribution is 2.58. The molecule has 2 saturated carbocycles. The number of nitrogens with one attached hydrogen (secondary N) is 1. The first kappa shape index (κ1) is 19.9. The molecule has 2 aromatic heterocycles. The quantitative estimate of drug-likeness (QED) is 0.706. The van der Waals surface area contributed by atoms with Gasteiger partial charge in [-0.15, -0.1) is 0 Å². The molecule has 2 aliphatic heterocycles. The van der Waals surface area contributed by atoms with Crippen LogP contribution in [0, 0.1) is 5.41 Å². The number of ether oxygens (including phenoxy) is 1. The van der Waals surface area contributed by atoms with Gasteiger partial charge in [0.2, 0.25) is 0 Å². The van der Waals surface area contributed by atoms with Crippen LogP contribution in [0.25, 0.3) is 0 Å². The maximum atomic E-state index is 6.42. The third kappa shape index (κ3) is 3.45. The van der Waals surface area contributed by atoms with Gasteiger partial charge in [-0.2, -0.15) is 5.10 Å². The van der Waals surface area contributed by atoms with E-state index in [4.69, 9.17) is 14.8 Å². The van der Waals surface area contributed by atoms with E-state index < -0.39 is 0 Å². The van der Waals surface area contributed by atoms with Crippen LogP contribution in [-0.4, -0.2) is 33.5 Å². The Kier molecular flexibility index (Phi) is 4.77. The van der Waals surface area contributed by atoms with Gasteiger partial charge in [-0.25, -0.2) is 0 Å². The van der Waals surface area contributed by atoms with E-state index in [0.717, 1.165) is 32.4 Å². The molecule has 0 unspecified atom stereocenters. The molecule has 0 aromatic carbocycles. The standard InChI is InChI=1S/C26H36N4O/c1-24(10-11-24)23-18-20(21-7-15-29-30(21)23)27-16-12-25(22-6-2-5-14-28-22)13-17-31-26(19-25)8-3-4-9-26/h2,5-7,14-15,20,23,27H,3-4,8-13,16-19H2,1H3/t20-,23-,25-/m1/s1. The van der Waals surface area contributed by atoms with Gasteiger partial charge in [0.25, 0.3) is 0 Å². The SMILES string of the molecule is CC1([C@H]2C[C@@H](NCC[C@@]3(c4ccccn4)CCOC4(CCCC4)C3)c3ccnn32)CC1. The van der Waals surface area contributed by atoms with Crippen molar-refractivity contribution in [2.75, 3.05) is 13.2 Å². The monoisotopic (exact) mass is 420 g/mol. The zero-order valence-electron chi connectivity index (χ0n) is 18.9. The van der Waals surface area contributed by atoms with Gasteiger partial charge < -0.3 is 10.1 Å². The van der Waals surface area contributed by atoms with E-state index in [9.17, 15) is 0 Å². The number of hydrogen-bond acceptors (Lipinski definition) is 4. The fourth-order valence-electron chi connectivity index (χ4n) is 6.88. The molecule has 3 atom stereocenters. The summed E-state index contributed by atoms with van der Waals surface area (Å²) in [6.45, 7) is 4.32. The van der Waals surface area contributed by atoms with Crippen molar-refractivity contribution in [1.82, 2.24) is 20.1 Å². The minimum Gasteiger partial charge on any atom is -0.375 e. The van der Waals surface area contributed by atoms with E-state index in [1.165, 1.54) is 56.3 Å². The number of pyridine rings is 1. The highest BCUT2D eigenvalue weighted by molar-refractivity contribution is 5.21. The maximum absolute atomic E-state index is 6.42. The molecule has 4 heterocycles. The average molecular weight is 421 g/mol. The van der Waals surface area contributed by atoms with Crippen molar-refractivity contribution >= 4 is 0 Å². The van der Waals surface area contributed by atoms with Crippen LogP contribution in [0.4, 0.5) is 0 Å². The van der Waals surface area contributed by atoms with Crippen LogP contribution in [0.15, 0.2) is 36.7 Å². The average Bonchev–Trinajstić information content (AvgIpc) is 3.16. The Morgan fingerprint density at radius 2 is 1.97 bits per heavy atom. The smallest absolute Gasteiger partial charge is 0.0691 e. The van der Waals surface area contributed by atoms with Crippen LogP contribution in [-0.2, 0) is 10.2 Å². The van der Waals surface area contributed by atoms with E-state index >= 15 is 0 Å². The Labute approximate surface area is 186 Å². The number of fused-ring (bicyclic) bond motifs is 1. The van der Waals surface area contributed by atoms with Crippen molar-refractivity contribution in [1.29, 1.82) is 0 Å². The van der Waals surface area contributed by atoms with E-state index in [-0.39, 0.29) is 11.0 Å². The van der Waals surface area contributed by atoms with Crippen molar-refractivity contribution in [3.05, 3.63) is 48.0 Å². The Morgan fingerprint density at radius 1 is 1.10 bits per heavy atom. The van der Waals surface area contributed by atoms with Gasteiger partial charge in [-0.1, -0.05) is 25.8 Å². The Hall–Kier alpha value is -1.72. The van der Waals surface area contributed by atoms with Crippen LogP contribution in [0.3, 0.4) is 0 Å². The second-order valence-electron chi connectivity index (χ2n) is 11.0. The number of hydrogen-bond donors (Lipinski definition) is 1. The molecule has 166 valence electrons. The lowest BCUT2D eigenvalue weighted by Crippen LogP contribution is -2.47. The molecule has 31 heavy (non-hydrogen) atoms. The topological polar surface area (TPSA) is 52.0 Å². The van der Waals surface area contributed by atoms with Gasteiger partial charge in [0.15, 0.2) is 0 Å². The van der Waals surface area contributed by atoms with Crippen molar-refractivity contribution < 1.29 is 4.74 Å². The molecule has 3 fully saturated rings. The molecule has 2 aliphatic carbocycles. The Bertz CT molecular complexity index is 914. The second kappa shape index (κ2) is 7.41. The molecule has 4 aliphatic rings. The molecule has 5 nitrogen and oxygen atoms in total. The summed E-state index contributed by atoms with van der Waals surface area (Å²) < 4.78 is 8.74. The molecule has 1 saturated heterocycles. The summed E-state index contributed by atoms with van der Waals surface area (Å²) in [4.78, 5) is 4.86. The molecule has 0 bridgehead atoms. The summed E-state index contributed by atoms with van der Waals surface area (Å²) in [5.74, 6) is 0. The molecule has 0 radical (unpaired) electrons. The van der Waals surface area contributed by atoms with Crippen molar-refractivity contribution in [2.24, 2.45) is 5.41 Å². The second-order valence-corrected chi connectivity index (χ2v) is 11.0. The van der Waals surface area contributed by atoms with Crippen LogP contribution in [0.5, 0.6) is 0 Å². The molecule has 1 spiro atoms. The zero-order chi connectivity index (χ0) is 20.9. The van der Waals surface area contributed by atoms with E-state index in [2.05, 4.69) is 35.1 Å². The minimum absolute atomic E-state index is 0.0907. The molecular weight excluding hydrogens is 384 g/mol. The molecular formula is C26H36N4O. The van der Waals surface area contributed by atoms with Crippen LogP contribution < -0.4 is 5.32 Å². The number of aromatic nitrogens is 3. The van der Waals surface area contributed by atoms with Crippen LogP contribution in [0.1, 0.15) is 94.6 Å². The van der Waals surface area contributed by atoms with Gasteiger partial charge in [0, 0.05) is 30.1 Å². The van der Waals surface area contributed by atoms with E-state index in [1.807, 2.05) is 18.5 Å². The summed E-state index contributed by atoms with van der Waals surface area (Å²) in [6, 6.07) is 9.65. The summed E-state index contributed by atoms with van der Waals surface area (Å²) in [5.41, 5.74) is 3.32. The number of nitrogens with zero attached hydrogens (tertiary/aromatic N) is 3. The highest BCUT2D eigenvalue weighted by Gasteiger charge is 2.51. The Morgan fingerprint density at radius 3 is 2.74 bits per heavy atom. The zero-order valence-corrected chi connectivity index (χ0v) is 18.9. The minimum atomic E-state index is 0.0907. The Balaban J connectivity index is 1.19. The van der Waals surface area contributed by atoms with Gasteiger partial charge in [-0.05, 0) is 81.5 Å². The van der Waals surface area contributed by atoms with E-state index in [1.54, 1.807) is 0 Å². The van der Waals surface area contributed by atoms with Crippen molar-refractivity contribution in [3.63, 3.8) is 0 Å². The van der Waals surface area contributed by atoms with Crippen LogP contribution >= 0.6 is 0 Å². The third-order valence-electron chi connectivity index (χ3n) is 9.02. The first-order chi connectivity index (χ1) is 15.1. The first-order valence-electron chi connectivity index (χ1n) is 12.4. The lowest BCUT2D eigenvalue weighted by atomic mass is 9.68. The lowest BCUT2D eigenvalue weighted by Gasteiger charge is -2.46. The van der Waals surface area contributed by atoms with E-state index in [0.29, 0.717) is 17.5 Å². The van der Waals surface area contributed by atoms with Gasteiger partial charge in [0.1, 0.15) is 0 Å². The summed E-state index contributed by atoms with van der Waals surface area (Å²) in [7, 11) is 0. The molecule has 2 aromatic rings. The predicted molar refractivity (Wildman–Crippen MR) is 121 cm³/mol. The summed E-state index contributed by atoms with van der Waals surface area (Å²) in [6.07, 6.45) is 16.2. The summed E-state index contributed by atoms with van der Waals surface area (Å²) in [5, 5.41) is 8.64. The van der Waals surface area contributed by atoms with Crippen LogP contribution in [0.2, 0.25) is 0 Å². The summed E-state index contributed by atoms with van der Waals surface area (Å²) >= 11 is 0. The van der Waals surface area contributed by atoms with Gasteiger partial charge >= 0.3 is 0 Å². The third-order valence-corrected chi connectivity index (χ3v) is 9.02. The fourth-order valence-corrected chi connectivity index (χ4v) is 6.88. The fraction of sp³-hybridized carbons (Fsp3) is 0.692. The van der Waals surface area contributed by atoms with Gasteiger partial charge in [-0.3, -0.25) is 9.67 Å². The van der Waals surface area contributed by atoms with Crippen molar-refractivity contribution in [3.8, 4) is 0 Å². The largest absolute Gasteiger partial charge is 0.375 e. The highest BCUT2D eigenvalue weighted by atomic mass is 16.5. The molecule has 1 N–H and O–H groups in total.